The Morgan fingerprint density at radius 2 is 1.97 bits per heavy atom. The highest BCUT2D eigenvalue weighted by molar-refractivity contribution is 6.31. The Kier molecular flexibility index (Phi) is 10.1. The summed E-state index contributed by atoms with van der Waals surface area (Å²) in [4.78, 5) is 22.8. The highest BCUT2D eigenvalue weighted by Gasteiger charge is 2.20. The fraction of sp³-hybridized carbons (Fsp3) is 0.444. The van der Waals surface area contributed by atoms with Crippen molar-refractivity contribution in [1.82, 2.24) is 14.9 Å². The summed E-state index contributed by atoms with van der Waals surface area (Å²) < 4.78 is 30.5. The SMILES string of the molecule is COc1cc2ncnc(Nc3ccc(F)c(Cl)c3)c2cc1OCCCN(CC(=O)OC(C)(C)C)C[C@@H](C)O. The van der Waals surface area contributed by atoms with Crippen LogP contribution in [0.1, 0.15) is 34.1 Å². The molecule has 0 unspecified atom stereocenters. The summed E-state index contributed by atoms with van der Waals surface area (Å²) in [5.41, 5.74) is 0.613. The fourth-order valence-electron chi connectivity index (χ4n) is 3.78. The number of rotatable bonds is 12. The number of halogens is 2. The van der Waals surface area contributed by atoms with Gasteiger partial charge in [-0.05, 0) is 58.4 Å². The van der Waals surface area contributed by atoms with E-state index in [0.29, 0.717) is 60.0 Å². The van der Waals surface area contributed by atoms with Gasteiger partial charge in [0.15, 0.2) is 11.5 Å². The summed E-state index contributed by atoms with van der Waals surface area (Å²) in [5, 5.41) is 13.7. The third-order valence-corrected chi connectivity index (χ3v) is 5.56. The van der Waals surface area contributed by atoms with Crippen LogP contribution < -0.4 is 14.8 Å². The first kappa shape index (κ1) is 29.3. The number of carbonyl (C=O) groups is 1. The fourth-order valence-corrected chi connectivity index (χ4v) is 3.96. The van der Waals surface area contributed by atoms with Crippen LogP contribution in [0, 0.1) is 5.82 Å². The van der Waals surface area contributed by atoms with Gasteiger partial charge in [-0.2, -0.15) is 0 Å². The zero-order valence-corrected chi connectivity index (χ0v) is 23.0. The van der Waals surface area contributed by atoms with Crippen LogP contribution in [0.4, 0.5) is 15.9 Å². The number of benzene rings is 2. The van der Waals surface area contributed by atoms with Gasteiger partial charge in [-0.1, -0.05) is 11.6 Å². The molecule has 11 heteroatoms. The van der Waals surface area contributed by atoms with E-state index in [-0.39, 0.29) is 17.5 Å². The zero-order valence-electron chi connectivity index (χ0n) is 22.3. The van der Waals surface area contributed by atoms with E-state index in [1.807, 2.05) is 25.7 Å². The van der Waals surface area contributed by atoms with E-state index in [2.05, 4.69) is 15.3 Å². The number of aliphatic hydroxyl groups excluding tert-OH is 1. The number of carbonyl (C=O) groups excluding carboxylic acids is 1. The van der Waals surface area contributed by atoms with Crippen LogP contribution in [0.25, 0.3) is 10.9 Å². The number of hydrogen-bond donors (Lipinski definition) is 2. The van der Waals surface area contributed by atoms with Gasteiger partial charge in [0.25, 0.3) is 0 Å². The molecule has 0 fully saturated rings. The van der Waals surface area contributed by atoms with E-state index < -0.39 is 17.5 Å². The minimum atomic E-state index is -0.596. The lowest BCUT2D eigenvalue weighted by atomic mass is 10.2. The van der Waals surface area contributed by atoms with Crippen LogP contribution in [0.15, 0.2) is 36.7 Å². The smallest absolute Gasteiger partial charge is 0.320 e. The summed E-state index contributed by atoms with van der Waals surface area (Å²) in [6.07, 6.45) is 1.40. The second-order valence-electron chi connectivity index (χ2n) is 9.87. The van der Waals surface area contributed by atoms with Crippen LogP contribution in [0.3, 0.4) is 0 Å². The molecule has 38 heavy (non-hydrogen) atoms. The Morgan fingerprint density at radius 1 is 1.21 bits per heavy atom. The van der Waals surface area contributed by atoms with E-state index in [1.165, 1.54) is 18.5 Å². The summed E-state index contributed by atoms with van der Waals surface area (Å²) >= 11 is 5.91. The molecule has 1 heterocycles. The predicted octanol–water partition coefficient (Wildman–Crippen LogP) is 4.97. The Hall–Kier alpha value is -3.21. The molecule has 2 aromatic carbocycles. The molecule has 0 aliphatic heterocycles. The number of aliphatic hydroxyl groups is 1. The molecule has 1 aromatic heterocycles. The van der Waals surface area contributed by atoms with E-state index in [4.69, 9.17) is 25.8 Å². The van der Waals surface area contributed by atoms with Gasteiger partial charge in [-0.3, -0.25) is 9.69 Å². The maximum Gasteiger partial charge on any atom is 0.320 e. The molecule has 206 valence electrons. The van der Waals surface area contributed by atoms with Crippen molar-refractivity contribution in [2.75, 3.05) is 38.7 Å². The van der Waals surface area contributed by atoms with E-state index in [1.54, 1.807) is 32.2 Å². The van der Waals surface area contributed by atoms with Crippen LogP contribution in [0.2, 0.25) is 5.02 Å². The van der Waals surface area contributed by atoms with Crippen molar-refractivity contribution in [3.05, 3.63) is 47.5 Å². The average Bonchev–Trinajstić information content (AvgIpc) is 2.82. The number of aromatic nitrogens is 2. The second-order valence-corrected chi connectivity index (χ2v) is 10.3. The number of nitrogens with one attached hydrogen (secondary N) is 1. The monoisotopic (exact) mass is 548 g/mol. The van der Waals surface area contributed by atoms with Crippen molar-refractivity contribution in [2.45, 2.75) is 45.8 Å². The highest BCUT2D eigenvalue weighted by Crippen LogP contribution is 2.35. The molecular weight excluding hydrogens is 515 g/mol. The Morgan fingerprint density at radius 3 is 2.63 bits per heavy atom. The third-order valence-electron chi connectivity index (χ3n) is 5.27. The van der Waals surface area contributed by atoms with Crippen molar-refractivity contribution < 1.29 is 28.5 Å². The van der Waals surface area contributed by atoms with Gasteiger partial charge in [0.2, 0.25) is 0 Å². The molecule has 3 aromatic rings. The van der Waals surface area contributed by atoms with E-state index >= 15 is 0 Å². The number of esters is 1. The average molecular weight is 549 g/mol. The summed E-state index contributed by atoms with van der Waals surface area (Å²) in [7, 11) is 1.54. The van der Waals surface area contributed by atoms with Crippen LogP contribution in [0.5, 0.6) is 11.5 Å². The molecule has 2 N–H and O–H groups in total. The van der Waals surface area contributed by atoms with Gasteiger partial charge >= 0.3 is 5.97 Å². The van der Waals surface area contributed by atoms with Gasteiger partial charge in [0.1, 0.15) is 23.6 Å². The third kappa shape index (κ3) is 8.68. The molecule has 9 nitrogen and oxygen atoms in total. The van der Waals surface area contributed by atoms with Gasteiger partial charge in [0, 0.05) is 30.2 Å². The normalized spacial score (nSPS) is 12.4. The standard InChI is InChI=1S/C27H34ClFN4O5/c1-17(34)14-33(15-25(35)38-27(2,3)4)9-6-10-37-24-12-19-22(13-23(24)36-5)30-16-31-26(19)32-18-7-8-21(29)20(28)11-18/h7-8,11-13,16-17,34H,6,9-10,14-15H2,1-5H3,(H,30,31,32)/t17-/m1/s1. The van der Waals surface area contributed by atoms with Crippen molar-refractivity contribution in [3.63, 3.8) is 0 Å². The number of nitrogens with zero attached hydrogens (tertiary/aromatic N) is 3. The number of hydrogen-bond acceptors (Lipinski definition) is 9. The minimum Gasteiger partial charge on any atom is -0.493 e. The quantitative estimate of drug-likeness (QED) is 0.240. The molecule has 1 atom stereocenters. The predicted molar refractivity (Wildman–Crippen MR) is 145 cm³/mol. The maximum absolute atomic E-state index is 13.6. The Labute approximate surface area is 226 Å². The van der Waals surface area contributed by atoms with Crippen molar-refractivity contribution >= 4 is 40.0 Å². The number of anilines is 2. The molecular formula is C27H34ClFN4O5. The van der Waals surface area contributed by atoms with Gasteiger partial charge < -0.3 is 24.6 Å². The maximum atomic E-state index is 13.6. The molecule has 0 aliphatic carbocycles. The number of methoxy groups -OCH3 is 1. The minimum absolute atomic E-state index is 0.00430. The van der Waals surface area contributed by atoms with Crippen LogP contribution in [-0.2, 0) is 9.53 Å². The Bertz CT molecular complexity index is 1250. The largest absolute Gasteiger partial charge is 0.493 e. The molecule has 0 aliphatic rings. The topological polar surface area (TPSA) is 106 Å². The summed E-state index contributed by atoms with van der Waals surface area (Å²) in [6, 6.07) is 7.83. The molecule has 0 spiro atoms. The lowest BCUT2D eigenvalue weighted by Crippen LogP contribution is -2.39. The molecule has 0 radical (unpaired) electrons. The molecule has 3 rings (SSSR count). The van der Waals surface area contributed by atoms with Crippen molar-refractivity contribution in [1.29, 1.82) is 0 Å². The molecule has 0 saturated carbocycles. The van der Waals surface area contributed by atoms with Gasteiger partial charge in [-0.25, -0.2) is 14.4 Å². The lowest BCUT2D eigenvalue weighted by Gasteiger charge is -2.26. The van der Waals surface area contributed by atoms with E-state index in [9.17, 15) is 14.3 Å². The summed E-state index contributed by atoms with van der Waals surface area (Å²) in [6.45, 7) is 8.36. The van der Waals surface area contributed by atoms with Gasteiger partial charge in [-0.15, -0.1) is 0 Å². The first-order chi connectivity index (χ1) is 17.9. The zero-order chi connectivity index (χ0) is 27.9. The van der Waals surface area contributed by atoms with E-state index in [0.717, 1.165) is 0 Å². The van der Waals surface area contributed by atoms with Crippen molar-refractivity contribution in [2.24, 2.45) is 0 Å². The highest BCUT2D eigenvalue weighted by atomic mass is 35.5. The van der Waals surface area contributed by atoms with Crippen molar-refractivity contribution in [3.8, 4) is 11.5 Å². The first-order valence-corrected chi connectivity index (χ1v) is 12.6. The number of fused-ring (bicyclic) bond motifs is 1. The second kappa shape index (κ2) is 13.0. The molecule has 0 bridgehead atoms. The van der Waals surface area contributed by atoms with Crippen LogP contribution in [-0.4, -0.2) is 71.0 Å². The molecule has 0 saturated heterocycles. The summed E-state index contributed by atoms with van der Waals surface area (Å²) in [5.74, 6) is 0.623. The Balaban J connectivity index is 1.70. The number of ether oxygens (including phenoxy) is 3. The first-order valence-electron chi connectivity index (χ1n) is 12.2. The van der Waals surface area contributed by atoms with Crippen LogP contribution >= 0.6 is 11.6 Å². The lowest BCUT2D eigenvalue weighted by molar-refractivity contribution is -0.156. The molecule has 0 amide bonds. The van der Waals surface area contributed by atoms with Gasteiger partial charge in [0.05, 0.1) is 36.9 Å².